The molecule has 0 N–H and O–H groups in total. The molecule has 1 saturated heterocycles. The van der Waals surface area contributed by atoms with Crippen molar-refractivity contribution in [2.45, 2.75) is 19.0 Å². The van der Waals surface area contributed by atoms with E-state index in [0.29, 0.717) is 11.7 Å². The molecule has 0 atom stereocenters. The largest absolute Gasteiger partial charge is 0.417 e. The summed E-state index contributed by atoms with van der Waals surface area (Å²) in [5.74, 6) is 1.09. The van der Waals surface area contributed by atoms with Gasteiger partial charge < -0.3 is 4.90 Å². The Bertz CT molecular complexity index is 1210. The minimum Gasteiger partial charge on any atom is -0.357 e. The summed E-state index contributed by atoms with van der Waals surface area (Å²) in [5.41, 5.74) is -0.706. The summed E-state index contributed by atoms with van der Waals surface area (Å²) >= 11 is 6.68. The minimum atomic E-state index is -4.33. The van der Waals surface area contributed by atoms with Gasteiger partial charge in [0.25, 0.3) is 0 Å². The molecular weight excluding hydrogens is 648 g/mol. The van der Waals surface area contributed by atoms with Crippen LogP contribution in [0.25, 0.3) is 0 Å². The number of piperidine rings is 1. The maximum absolute atomic E-state index is 12.5. The van der Waals surface area contributed by atoms with Gasteiger partial charge in [-0.25, -0.2) is 4.98 Å². The second-order valence-corrected chi connectivity index (χ2v) is 14.0. The SMILES string of the molecule is FC(F)(F)c1ccc(N2CCC(C=C(Br)Br)CC2)nc1.c1ccc(P(c2ccccc2)c2ccccc2)cc1. The van der Waals surface area contributed by atoms with Gasteiger partial charge in [0.2, 0.25) is 0 Å². The van der Waals surface area contributed by atoms with E-state index in [4.69, 9.17) is 0 Å². The van der Waals surface area contributed by atoms with Gasteiger partial charge in [0.1, 0.15) is 5.82 Å². The maximum Gasteiger partial charge on any atom is 0.417 e. The number of hydrogen-bond acceptors (Lipinski definition) is 2. The van der Waals surface area contributed by atoms with Crippen molar-refractivity contribution in [3.63, 3.8) is 0 Å². The number of alkyl halides is 3. The van der Waals surface area contributed by atoms with Crippen LogP contribution < -0.4 is 20.8 Å². The van der Waals surface area contributed by atoms with E-state index in [1.165, 1.54) is 22.0 Å². The average Bonchev–Trinajstić information content (AvgIpc) is 2.95. The lowest BCUT2D eigenvalue weighted by Gasteiger charge is -2.31. The summed E-state index contributed by atoms with van der Waals surface area (Å²) < 4.78 is 38.3. The molecule has 0 saturated carbocycles. The zero-order chi connectivity index (χ0) is 27.7. The van der Waals surface area contributed by atoms with Gasteiger partial charge in [-0.3, -0.25) is 0 Å². The topological polar surface area (TPSA) is 16.1 Å². The Hall–Kier alpha value is -2.47. The Morgan fingerprint density at radius 1 is 0.744 bits per heavy atom. The number of aromatic nitrogens is 1. The first-order valence-corrected chi connectivity index (χ1v) is 15.5. The summed E-state index contributed by atoms with van der Waals surface area (Å²) in [6.07, 6.45) is 0.603. The quantitative estimate of drug-likeness (QED) is 0.198. The molecule has 202 valence electrons. The summed E-state index contributed by atoms with van der Waals surface area (Å²) in [4.78, 5) is 5.95. The third-order valence-electron chi connectivity index (χ3n) is 6.34. The number of halogens is 5. The predicted octanol–water partition coefficient (Wildman–Crippen LogP) is 8.39. The number of hydrogen-bond donors (Lipinski definition) is 0. The molecule has 1 aliphatic heterocycles. The number of nitrogens with zero attached hydrogens (tertiary/aromatic N) is 2. The minimum absolute atomic E-state index is 0.446. The standard InChI is InChI=1S/C18H15P.C13H13Br2F3N2/c1-4-10-16(11-5-1)19(17-12-6-2-7-13-17)18-14-8-3-9-15-18;14-11(15)7-9-3-5-20(6-4-9)12-2-1-10(8-19-12)13(16,17)18/h1-15H;1-2,7-9H,3-6H2. The Kier molecular flexibility index (Phi) is 10.8. The fourth-order valence-electron chi connectivity index (χ4n) is 4.39. The highest BCUT2D eigenvalue weighted by Gasteiger charge is 2.31. The molecule has 39 heavy (non-hydrogen) atoms. The summed E-state index contributed by atoms with van der Waals surface area (Å²) in [6, 6.07) is 34.9. The highest BCUT2D eigenvalue weighted by atomic mass is 79.9. The van der Waals surface area contributed by atoms with Gasteiger partial charge in [0, 0.05) is 19.3 Å². The van der Waals surface area contributed by atoms with E-state index >= 15 is 0 Å². The van der Waals surface area contributed by atoms with Gasteiger partial charge in [-0.15, -0.1) is 0 Å². The molecule has 0 spiro atoms. The van der Waals surface area contributed by atoms with Crippen molar-refractivity contribution in [3.05, 3.63) is 124 Å². The first-order chi connectivity index (χ1) is 18.8. The molecule has 0 unspecified atom stereocenters. The molecule has 2 nitrogen and oxygen atoms in total. The van der Waals surface area contributed by atoms with Crippen LogP contribution in [-0.4, -0.2) is 18.1 Å². The lowest BCUT2D eigenvalue weighted by molar-refractivity contribution is -0.137. The van der Waals surface area contributed by atoms with Crippen LogP contribution in [0.3, 0.4) is 0 Å². The molecule has 0 bridgehead atoms. The van der Waals surface area contributed by atoms with Crippen LogP contribution in [0.2, 0.25) is 0 Å². The Morgan fingerprint density at radius 2 is 1.21 bits per heavy atom. The van der Waals surface area contributed by atoms with Gasteiger partial charge in [-0.1, -0.05) is 97.1 Å². The third-order valence-corrected chi connectivity index (χ3v) is 9.32. The molecule has 8 heteroatoms. The number of benzene rings is 3. The highest BCUT2D eigenvalue weighted by Crippen LogP contribution is 2.33. The van der Waals surface area contributed by atoms with Crippen LogP contribution >= 0.6 is 39.8 Å². The number of anilines is 1. The maximum atomic E-state index is 12.5. The van der Waals surface area contributed by atoms with E-state index in [9.17, 15) is 13.2 Å². The molecular formula is C31H28Br2F3N2P. The van der Waals surface area contributed by atoms with Crippen molar-refractivity contribution in [2.75, 3.05) is 18.0 Å². The first kappa shape index (κ1) is 29.5. The average molecular weight is 676 g/mol. The molecule has 1 aromatic heterocycles. The van der Waals surface area contributed by atoms with Crippen LogP contribution in [0.15, 0.2) is 119 Å². The summed E-state index contributed by atoms with van der Waals surface area (Å²) in [7, 11) is -0.446. The molecule has 5 rings (SSSR count). The van der Waals surface area contributed by atoms with E-state index in [2.05, 4.69) is 134 Å². The molecule has 1 aliphatic rings. The van der Waals surface area contributed by atoms with Crippen LogP contribution in [0, 0.1) is 5.92 Å². The zero-order valence-corrected chi connectivity index (χ0v) is 25.2. The van der Waals surface area contributed by atoms with E-state index in [1.807, 2.05) is 4.90 Å². The first-order valence-electron chi connectivity index (χ1n) is 12.6. The Balaban J connectivity index is 0.000000181. The van der Waals surface area contributed by atoms with Crippen molar-refractivity contribution in [2.24, 2.45) is 5.92 Å². The number of pyridine rings is 1. The molecule has 2 heterocycles. The Labute approximate surface area is 246 Å². The lowest BCUT2D eigenvalue weighted by atomic mass is 9.97. The highest BCUT2D eigenvalue weighted by molar-refractivity contribution is 9.28. The fraction of sp³-hybridized carbons (Fsp3) is 0.194. The summed E-state index contributed by atoms with van der Waals surface area (Å²) in [5, 5.41) is 4.19. The molecule has 0 aliphatic carbocycles. The molecule has 0 radical (unpaired) electrons. The second kappa shape index (κ2) is 14.2. The van der Waals surface area contributed by atoms with Crippen molar-refractivity contribution in [1.29, 1.82) is 0 Å². The van der Waals surface area contributed by atoms with Crippen molar-refractivity contribution in [3.8, 4) is 0 Å². The van der Waals surface area contributed by atoms with Crippen LogP contribution in [0.4, 0.5) is 19.0 Å². The van der Waals surface area contributed by atoms with E-state index in [-0.39, 0.29) is 0 Å². The Morgan fingerprint density at radius 3 is 1.56 bits per heavy atom. The van der Waals surface area contributed by atoms with E-state index in [1.54, 1.807) is 0 Å². The monoisotopic (exact) mass is 674 g/mol. The van der Waals surface area contributed by atoms with Gasteiger partial charge in [0.05, 0.1) is 8.96 Å². The van der Waals surface area contributed by atoms with Crippen molar-refractivity contribution >= 4 is 61.5 Å². The van der Waals surface area contributed by atoms with Crippen LogP contribution in [0.5, 0.6) is 0 Å². The second-order valence-electron chi connectivity index (χ2n) is 9.03. The predicted molar refractivity (Wildman–Crippen MR) is 165 cm³/mol. The zero-order valence-electron chi connectivity index (χ0n) is 21.1. The molecule has 0 amide bonds. The van der Waals surface area contributed by atoms with Crippen molar-refractivity contribution in [1.82, 2.24) is 4.98 Å². The van der Waals surface area contributed by atoms with Crippen molar-refractivity contribution < 1.29 is 13.2 Å². The fourth-order valence-corrected chi connectivity index (χ4v) is 7.45. The molecule has 1 fully saturated rings. The normalized spacial score (nSPS) is 13.9. The van der Waals surface area contributed by atoms with Crippen LogP contribution in [0.1, 0.15) is 18.4 Å². The van der Waals surface area contributed by atoms with Gasteiger partial charge in [-0.05, 0) is 86.6 Å². The van der Waals surface area contributed by atoms with Crippen LogP contribution in [-0.2, 0) is 6.18 Å². The van der Waals surface area contributed by atoms with Gasteiger partial charge in [-0.2, -0.15) is 13.2 Å². The van der Waals surface area contributed by atoms with Gasteiger partial charge >= 0.3 is 6.18 Å². The smallest absolute Gasteiger partial charge is 0.357 e. The lowest BCUT2D eigenvalue weighted by Crippen LogP contribution is -2.33. The van der Waals surface area contributed by atoms with E-state index < -0.39 is 19.7 Å². The summed E-state index contributed by atoms with van der Waals surface area (Å²) in [6.45, 7) is 1.60. The molecule has 3 aromatic carbocycles. The third kappa shape index (κ3) is 8.76. The van der Waals surface area contributed by atoms with Gasteiger partial charge in [0.15, 0.2) is 0 Å². The number of allylic oxidation sites excluding steroid dienone is 1. The van der Waals surface area contributed by atoms with E-state index in [0.717, 1.165) is 41.6 Å². The molecule has 4 aromatic rings. The number of rotatable bonds is 5.